The van der Waals surface area contributed by atoms with Crippen molar-refractivity contribution >= 4 is 25.5 Å². The lowest BCUT2D eigenvalue weighted by Gasteiger charge is -2.16. The average Bonchev–Trinajstić information content (AvgIpc) is 2.99. The Kier molecular flexibility index (Phi) is 6.66. The molecular formula is C15H23NO7S2. The van der Waals surface area contributed by atoms with Crippen molar-refractivity contribution in [2.75, 3.05) is 36.6 Å². The summed E-state index contributed by atoms with van der Waals surface area (Å²) in [6.07, 6.45) is 2.54. The molecular weight excluding hydrogens is 370 g/mol. The van der Waals surface area contributed by atoms with Crippen LogP contribution < -0.4 is 9.46 Å². The molecule has 142 valence electrons. The third kappa shape index (κ3) is 6.14. The first-order valence-corrected chi connectivity index (χ1v) is 11.5. The van der Waals surface area contributed by atoms with Crippen LogP contribution in [0, 0.1) is 0 Å². The van der Waals surface area contributed by atoms with Crippen LogP contribution in [0.1, 0.15) is 19.3 Å². The number of hydrogen-bond acceptors (Lipinski definition) is 7. The second kappa shape index (κ2) is 8.35. The van der Waals surface area contributed by atoms with E-state index in [-0.39, 0.29) is 41.4 Å². The SMILES string of the molecule is CS(=O)(=O)c1ccc(OCCCO)c(NS(=O)(=O)CC2CCCO2)c1. The molecule has 25 heavy (non-hydrogen) atoms. The van der Waals surface area contributed by atoms with Gasteiger partial charge in [0, 0.05) is 25.9 Å². The van der Waals surface area contributed by atoms with Crippen LogP contribution >= 0.6 is 0 Å². The van der Waals surface area contributed by atoms with Gasteiger partial charge in [-0.3, -0.25) is 4.72 Å². The Hall–Kier alpha value is -1.36. The number of sulfone groups is 1. The first-order chi connectivity index (χ1) is 11.7. The van der Waals surface area contributed by atoms with E-state index >= 15 is 0 Å². The highest BCUT2D eigenvalue weighted by Crippen LogP contribution is 2.29. The molecule has 2 rings (SSSR count). The highest BCUT2D eigenvalue weighted by Gasteiger charge is 2.24. The molecule has 8 nitrogen and oxygen atoms in total. The Morgan fingerprint density at radius 3 is 2.68 bits per heavy atom. The van der Waals surface area contributed by atoms with Gasteiger partial charge in [0.05, 0.1) is 29.0 Å². The summed E-state index contributed by atoms with van der Waals surface area (Å²) >= 11 is 0. The maximum Gasteiger partial charge on any atom is 0.235 e. The molecule has 1 heterocycles. The fourth-order valence-corrected chi connectivity index (χ4v) is 4.40. The number of benzene rings is 1. The molecule has 1 saturated heterocycles. The van der Waals surface area contributed by atoms with Crippen molar-refractivity contribution in [2.45, 2.75) is 30.3 Å². The van der Waals surface area contributed by atoms with Crippen molar-refractivity contribution in [3.05, 3.63) is 18.2 Å². The van der Waals surface area contributed by atoms with E-state index in [4.69, 9.17) is 14.6 Å². The lowest BCUT2D eigenvalue weighted by molar-refractivity contribution is 0.127. The molecule has 1 aliphatic heterocycles. The van der Waals surface area contributed by atoms with Crippen molar-refractivity contribution in [1.29, 1.82) is 0 Å². The Morgan fingerprint density at radius 2 is 2.08 bits per heavy atom. The molecule has 1 atom stereocenters. The van der Waals surface area contributed by atoms with Gasteiger partial charge in [-0.25, -0.2) is 16.8 Å². The molecule has 1 unspecified atom stereocenters. The topological polar surface area (TPSA) is 119 Å². The summed E-state index contributed by atoms with van der Waals surface area (Å²) < 4.78 is 61.4. The van der Waals surface area contributed by atoms with Gasteiger partial charge in [-0.1, -0.05) is 0 Å². The van der Waals surface area contributed by atoms with Crippen molar-refractivity contribution in [3.63, 3.8) is 0 Å². The van der Waals surface area contributed by atoms with E-state index in [2.05, 4.69) is 4.72 Å². The maximum atomic E-state index is 12.4. The first-order valence-electron chi connectivity index (χ1n) is 7.91. The van der Waals surface area contributed by atoms with Crippen molar-refractivity contribution in [1.82, 2.24) is 0 Å². The van der Waals surface area contributed by atoms with Crippen molar-refractivity contribution < 1.29 is 31.4 Å². The molecule has 2 N–H and O–H groups in total. The van der Waals surface area contributed by atoms with Crippen LogP contribution in [0.15, 0.2) is 23.1 Å². The van der Waals surface area contributed by atoms with Gasteiger partial charge < -0.3 is 14.6 Å². The monoisotopic (exact) mass is 393 g/mol. The van der Waals surface area contributed by atoms with Crippen LogP contribution in [0.4, 0.5) is 5.69 Å². The average molecular weight is 393 g/mol. The number of hydrogen-bond donors (Lipinski definition) is 2. The van der Waals surface area contributed by atoms with E-state index in [9.17, 15) is 16.8 Å². The zero-order valence-electron chi connectivity index (χ0n) is 14.0. The molecule has 0 amide bonds. The zero-order chi connectivity index (χ0) is 18.5. The van der Waals surface area contributed by atoms with E-state index in [1.165, 1.54) is 18.2 Å². The number of rotatable bonds is 9. The molecule has 1 aromatic carbocycles. The van der Waals surface area contributed by atoms with E-state index in [1.807, 2.05) is 0 Å². The van der Waals surface area contributed by atoms with Gasteiger partial charge in [0.15, 0.2) is 9.84 Å². The summed E-state index contributed by atoms with van der Waals surface area (Å²) in [6.45, 7) is 0.649. The standard InChI is InChI=1S/C15H23NO7S2/c1-24(18,19)13-5-6-15(23-9-3-7-17)14(10-13)16-25(20,21)11-12-4-2-8-22-12/h5-6,10,12,16-17H,2-4,7-9,11H2,1H3. The van der Waals surface area contributed by atoms with Crippen LogP contribution in [0.25, 0.3) is 0 Å². The lowest BCUT2D eigenvalue weighted by atomic mass is 10.3. The highest BCUT2D eigenvalue weighted by molar-refractivity contribution is 7.92. The number of aliphatic hydroxyl groups is 1. The quantitative estimate of drug-likeness (QED) is 0.595. The molecule has 0 radical (unpaired) electrons. The number of aliphatic hydroxyl groups excluding tert-OH is 1. The first kappa shape index (κ1) is 20.0. The van der Waals surface area contributed by atoms with E-state index in [0.717, 1.165) is 12.7 Å². The van der Waals surface area contributed by atoms with Crippen LogP contribution in [-0.2, 0) is 24.6 Å². The van der Waals surface area contributed by atoms with Crippen molar-refractivity contribution in [3.8, 4) is 5.75 Å². The number of sulfonamides is 1. The zero-order valence-corrected chi connectivity index (χ0v) is 15.6. The third-order valence-corrected chi connectivity index (χ3v) is 6.09. The molecule has 0 spiro atoms. The number of ether oxygens (including phenoxy) is 2. The van der Waals surface area contributed by atoms with Crippen LogP contribution in [0.2, 0.25) is 0 Å². The van der Waals surface area contributed by atoms with E-state index in [1.54, 1.807) is 0 Å². The Balaban J connectivity index is 2.24. The predicted molar refractivity (Wildman–Crippen MR) is 93.1 cm³/mol. The minimum absolute atomic E-state index is 0.0168. The molecule has 1 aliphatic rings. The van der Waals surface area contributed by atoms with Gasteiger partial charge in [0.2, 0.25) is 10.0 Å². The third-order valence-electron chi connectivity index (χ3n) is 3.63. The van der Waals surface area contributed by atoms with Gasteiger partial charge in [0.25, 0.3) is 0 Å². The Bertz CT molecular complexity index is 784. The molecule has 1 aromatic rings. The summed E-state index contributed by atoms with van der Waals surface area (Å²) in [4.78, 5) is -0.0168. The molecule has 0 aromatic heterocycles. The number of nitrogens with one attached hydrogen (secondary N) is 1. The normalized spacial score (nSPS) is 18.2. The Morgan fingerprint density at radius 1 is 1.32 bits per heavy atom. The smallest absolute Gasteiger partial charge is 0.235 e. The minimum Gasteiger partial charge on any atom is -0.491 e. The summed E-state index contributed by atoms with van der Waals surface area (Å²) in [5.74, 6) is 0.00314. The van der Waals surface area contributed by atoms with Crippen LogP contribution in [-0.4, -0.2) is 59.9 Å². The molecule has 0 aliphatic carbocycles. The van der Waals surface area contributed by atoms with Gasteiger partial charge in [0.1, 0.15) is 5.75 Å². The van der Waals surface area contributed by atoms with Gasteiger partial charge in [-0.2, -0.15) is 0 Å². The van der Waals surface area contributed by atoms with Crippen molar-refractivity contribution in [2.24, 2.45) is 0 Å². The lowest BCUT2D eigenvalue weighted by Crippen LogP contribution is -2.26. The second-order valence-electron chi connectivity index (χ2n) is 5.87. The highest BCUT2D eigenvalue weighted by atomic mass is 32.2. The van der Waals surface area contributed by atoms with E-state index < -0.39 is 19.9 Å². The van der Waals surface area contributed by atoms with Gasteiger partial charge >= 0.3 is 0 Å². The fraction of sp³-hybridized carbons (Fsp3) is 0.600. The fourth-order valence-electron chi connectivity index (χ4n) is 2.42. The van der Waals surface area contributed by atoms with Crippen LogP contribution in [0.5, 0.6) is 5.75 Å². The number of anilines is 1. The summed E-state index contributed by atoms with van der Waals surface area (Å²) in [5.41, 5.74) is 0.0545. The second-order valence-corrected chi connectivity index (χ2v) is 9.66. The van der Waals surface area contributed by atoms with Gasteiger partial charge in [-0.15, -0.1) is 0 Å². The maximum absolute atomic E-state index is 12.4. The predicted octanol–water partition coefficient (Wildman–Crippen LogP) is 0.772. The Labute approximate surface area is 148 Å². The largest absolute Gasteiger partial charge is 0.491 e. The van der Waals surface area contributed by atoms with E-state index in [0.29, 0.717) is 19.4 Å². The molecule has 10 heteroatoms. The molecule has 1 fully saturated rings. The van der Waals surface area contributed by atoms with Crippen LogP contribution in [0.3, 0.4) is 0 Å². The summed E-state index contributed by atoms with van der Waals surface area (Å²) in [6, 6.07) is 3.98. The summed E-state index contributed by atoms with van der Waals surface area (Å²) in [7, 11) is -7.23. The molecule has 0 bridgehead atoms. The molecule has 0 saturated carbocycles. The summed E-state index contributed by atoms with van der Waals surface area (Å²) in [5, 5.41) is 8.83. The minimum atomic E-state index is -3.73. The van der Waals surface area contributed by atoms with Gasteiger partial charge in [-0.05, 0) is 31.0 Å².